The molecule has 0 unspecified atom stereocenters. The quantitative estimate of drug-likeness (QED) is 0.626. The number of halogens is 1. The van der Waals surface area contributed by atoms with Crippen molar-refractivity contribution in [1.82, 2.24) is 0 Å². The summed E-state index contributed by atoms with van der Waals surface area (Å²) < 4.78 is 12.9. The molecule has 0 amide bonds. The number of hydrogen-bond donors (Lipinski definition) is 2. The first-order valence-corrected chi connectivity index (χ1v) is 3.75. The van der Waals surface area contributed by atoms with Gasteiger partial charge in [-0.3, -0.25) is 0 Å². The Balaban J connectivity index is 3.14. The van der Waals surface area contributed by atoms with Gasteiger partial charge in [0.1, 0.15) is 5.82 Å². The SMILES string of the molecule is CC(C)(N)c1ccc(N)c(F)c1. The average Bonchev–Trinajstić information content (AvgIpc) is 1.92. The van der Waals surface area contributed by atoms with E-state index < -0.39 is 11.4 Å². The van der Waals surface area contributed by atoms with Crippen molar-refractivity contribution in [3.05, 3.63) is 29.6 Å². The largest absolute Gasteiger partial charge is 0.396 e. The molecule has 0 saturated heterocycles. The lowest BCUT2D eigenvalue weighted by molar-refractivity contribution is 0.544. The monoisotopic (exact) mass is 168 g/mol. The van der Waals surface area contributed by atoms with Crippen molar-refractivity contribution < 1.29 is 4.39 Å². The predicted octanol–water partition coefficient (Wildman–Crippen LogP) is 1.60. The zero-order valence-electron chi connectivity index (χ0n) is 7.26. The molecule has 4 N–H and O–H groups in total. The number of rotatable bonds is 1. The summed E-state index contributed by atoms with van der Waals surface area (Å²) in [6.45, 7) is 3.63. The van der Waals surface area contributed by atoms with E-state index in [1.807, 2.05) is 13.8 Å². The molecule has 2 nitrogen and oxygen atoms in total. The van der Waals surface area contributed by atoms with E-state index in [0.717, 1.165) is 5.56 Å². The van der Waals surface area contributed by atoms with E-state index in [2.05, 4.69) is 0 Å². The van der Waals surface area contributed by atoms with Gasteiger partial charge in [-0.25, -0.2) is 4.39 Å². The molecule has 0 aliphatic carbocycles. The van der Waals surface area contributed by atoms with Gasteiger partial charge in [0.25, 0.3) is 0 Å². The second-order valence-electron chi connectivity index (χ2n) is 3.46. The molecule has 0 aliphatic heterocycles. The van der Waals surface area contributed by atoms with Gasteiger partial charge in [0.05, 0.1) is 5.69 Å². The number of nitrogen functional groups attached to an aromatic ring is 1. The highest BCUT2D eigenvalue weighted by atomic mass is 19.1. The first-order chi connectivity index (χ1) is 5.41. The summed E-state index contributed by atoms with van der Waals surface area (Å²) in [5, 5.41) is 0. The number of hydrogen-bond acceptors (Lipinski definition) is 2. The van der Waals surface area contributed by atoms with Crippen LogP contribution in [-0.4, -0.2) is 0 Å². The van der Waals surface area contributed by atoms with Gasteiger partial charge in [0.15, 0.2) is 0 Å². The highest BCUT2D eigenvalue weighted by Gasteiger charge is 2.14. The van der Waals surface area contributed by atoms with Gasteiger partial charge in [-0.15, -0.1) is 0 Å². The van der Waals surface area contributed by atoms with E-state index in [1.54, 1.807) is 6.07 Å². The molecule has 3 heteroatoms. The molecule has 66 valence electrons. The summed E-state index contributed by atoms with van der Waals surface area (Å²) in [5.74, 6) is -0.411. The predicted molar refractivity (Wildman–Crippen MR) is 48.0 cm³/mol. The first-order valence-electron chi connectivity index (χ1n) is 3.75. The highest BCUT2D eigenvalue weighted by molar-refractivity contribution is 5.42. The standard InChI is InChI=1S/C9H13FN2/c1-9(2,12)6-3-4-8(11)7(10)5-6/h3-5H,11-12H2,1-2H3. The molecule has 0 aliphatic rings. The lowest BCUT2D eigenvalue weighted by Crippen LogP contribution is -2.28. The summed E-state index contributed by atoms with van der Waals surface area (Å²) in [6, 6.07) is 4.63. The molecule has 0 fully saturated rings. The third-order valence-corrected chi connectivity index (χ3v) is 1.74. The van der Waals surface area contributed by atoms with Gasteiger partial charge < -0.3 is 11.5 Å². The first kappa shape index (κ1) is 9.00. The maximum atomic E-state index is 12.9. The molecule has 1 aromatic carbocycles. The molecular weight excluding hydrogens is 155 g/mol. The lowest BCUT2D eigenvalue weighted by atomic mass is 9.95. The topological polar surface area (TPSA) is 52.0 Å². The van der Waals surface area contributed by atoms with Gasteiger partial charge in [-0.2, -0.15) is 0 Å². The van der Waals surface area contributed by atoms with Crippen LogP contribution in [0.1, 0.15) is 19.4 Å². The Labute approximate surface area is 71.4 Å². The molecule has 0 radical (unpaired) electrons. The molecule has 1 rings (SSSR count). The summed E-state index contributed by atoms with van der Waals surface area (Å²) in [4.78, 5) is 0. The smallest absolute Gasteiger partial charge is 0.146 e. The van der Waals surface area contributed by atoms with Crippen LogP contribution in [0.15, 0.2) is 18.2 Å². The summed E-state index contributed by atoms with van der Waals surface area (Å²) in [7, 11) is 0. The van der Waals surface area contributed by atoms with Crippen molar-refractivity contribution in [3.63, 3.8) is 0 Å². The fourth-order valence-corrected chi connectivity index (χ4v) is 0.928. The average molecular weight is 168 g/mol. The van der Waals surface area contributed by atoms with E-state index in [4.69, 9.17) is 11.5 Å². The van der Waals surface area contributed by atoms with Crippen LogP contribution in [0.5, 0.6) is 0 Å². The lowest BCUT2D eigenvalue weighted by Gasteiger charge is -2.19. The van der Waals surface area contributed by atoms with Crippen molar-refractivity contribution >= 4 is 5.69 Å². The zero-order valence-corrected chi connectivity index (χ0v) is 7.26. The molecule has 0 aromatic heterocycles. The van der Waals surface area contributed by atoms with Crippen molar-refractivity contribution in [2.75, 3.05) is 5.73 Å². The highest BCUT2D eigenvalue weighted by Crippen LogP contribution is 2.20. The summed E-state index contributed by atoms with van der Waals surface area (Å²) >= 11 is 0. The van der Waals surface area contributed by atoms with Crippen LogP contribution in [0.3, 0.4) is 0 Å². The van der Waals surface area contributed by atoms with E-state index in [-0.39, 0.29) is 5.69 Å². The van der Waals surface area contributed by atoms with Crippen molar-refractivity contribution in [2.24, 2.45) is 5.73 Å². The van der Waals surface area contributed by atoms with Crippen LogP contribution in [0.25, 0.3) is 0 Å². The normalized spacial score (nSPS) is 11.7. The van der Waals surface area contributed by atoms with Crippen LogP contribution in [0.2, 0.25) is 0 Å². The molecule has 0 saturated carbocycles. The van der Waals surface area contributed by atoms with Crippen LogP contribution < -0.4 is 11.5 Å². The minimum Gasteiger partial charge on any atom is -0.396 e. The Morgan fingerprint density at radius 1 is 1.33 bits per heavy atom. The zero-order chi connectivity index (χ0) is 9.35. The van der Waals surface area contributed by atoms with Crippen LogP contribution >= 0.6 is 0 Å². The Morgan fingerprint density at radius 2 is 1.92 bits per heavy atom. The van der Waals surface area contributed by atoms with E-state index in [0.29, 0.717) is 0 Å². The summed E-state index contributed by atoms with van der Waals surface area (Å²) in [6.07, 6.45) is 0. The minimum absolute atomic E-state index is 0.156. The molecule has 0 spiro atoms. The van der Waals surface area contributed by atoms with E-state index in [9.17, 15) is 4.39 Å². The maximum Gasteiger partial charge on any atom is 0.146 e. The van der Waals surface area contributed by atoms with Crippen LogP contribution in [-0.2, 0) is 5.54 Å². The molecule has 0 atom stereocenters. The second-order valence-corrected chi connectivity index (χ2v) is 3.46. The molecule has 1 aromatic rings. The van der Waals surface area contributed by atoms with E-state index in [1.165, 1.54) is 12.1 Å². The fourth-order valence-electron chi connectivity index (χ4n) is 0.928. The molecule has 0 bridgehead atoms. The van der Waals surface area contributed by atoms with Crippen LogP contribution in [0.4, 0.5) is 10.1 Å². The maximum absolute atomic E-state index is 12.9. The second kappa shape index (κ2) is 2.75. The van der Waals surface area contributed by atoms with Crippen LogP contribution in [0, 0.1) is 5.82 Å². The van der Waals surface area contributed by atoms with Crippen molar-refractivity contribution in [2.45, 2.75) is 19.4 Å². The third kappa shape index (κ3) is 1.74. The molecular formula is C9H13FN2. The number of benzene rings is 1. The van der Waals surface area contributed by atoms with Crippen molar-refractivity contribution in [3.8, 4) is 0 Å². The van der Waals surface area contributed by atoms with Crippen molar-refractivity contribution in [1.29, 1.82) is 0 Å². The Bertz CT molecular complexity index is 289. The van der Waals surface area contributed by atoms with Gasteiger partial charge in [0, 0.05) is 5.54 Å². The number of anilines is 1. The molecule has 12 heavy (non-hydrogen) atoms. The van der Waals surface area contributed by atoms with Gasteiger partial charge in [-0.05, 0) is 31.5 Å². The van der Waals surface area contributed by atoms with Gasteiger partial charge >= 0.3 is 0 Å². The fraction of sp³-hybridized carbons (Fsp3) is 0.333. The Kier molecular flexibility index (Phi) is 2.06. The summed E-state index contributed by atoms with van der Waals surface area (Å²) in [5.41, 5.74) is 11.5. The number of nitrogens with two attached hydrogens (primary N) is 2. The Hall–Kier alpha value is -1.09. The van der Waals surface area contributed by atoms with E-state index >= 15 is 0 Å². The Morgan fingerprint density at radius 3 is 2.33 bits per heavy atom. The van der Waals surface area contributed by atoms with Gasteiger partial charge in [-0.1, -0.05) is 6.07 Å². The third-order valence-electron chi connectivity index (χ3n) is 1.74. The molecule has 0 heterocycles. The van der Waals surface area contributed by atoms with Gasteiger partial charge in [0.2, 0.25) is 0 Å². The minimum atomic E-state index is -0.519.